The van der Waals surface area contributed by atoms with Crippen molar-refractivity contribution in [3.63, 3.8) is 0 Å². The van der Waals surface area contributed by atoms with E-state index >= 15 is 0 Å². The Bertz CT molecular complexity index is 478. The Kier molecular flexibility index (Phi) is 7.75. The van der Waals surface area contributed by atoms with Crippen LogP contribution in [0.15, 0.2) is 16.6 Å². The van der Waals surface area contributed by atoms with E-state index in [1.807, 2.05) is 26.0 Å². The summed E-state index contributed by atoms with van der Waals surface area (Å²) >= 11 is 3.51. The Morgan fingerprint density at radius 1 is 1.38 bits per heavy atom. The molecule has 118 valence electrons. The first kappa shape index (κ1) is 18.0. The number of nitrogens with zero attached hydrogens (tertiary/aromatic N) is 1. The van der Waals surface area contributed by atoms with Crippen molar-refractivity contribution in [1.29, 1.82) is 0 Å². The lowest BCUT2D eigenvalue weighted by molar-refractivity contribution is -0.131. The Labute approximate surface area is 136 Å². The van der Waals surface area contributed by atoms with E-state index in [0.717, 1.165) is 40.9 Å². The predicted molar refractivity (Wildman–Crippen MR) is 89.7 cm³/mol. The Balaban J connectivity index is 2.81. The average Bonchev–Trinajstić information content (AvgIpc) is 2.45. The molecule has 0 atom stereocenters. The van der Waals surface area contributed by atoms with E-state index < -0.39 is 0 Å². The number of carbonyl (C=O) groups is 1. The lowest BCUT2D eigenvalue weighted by atomic mass is 10.1. The highest BCUT2D eigenvalue weighted by atomic mass is 79.9. The van der Waals surface area contributed by atoms with Crippen LogP contribution in [0.5, 0.6) is 5.75 Å². The van der Waals surface area contributed by atoms with Gasteiger partial charge in [0.15, 0.2) is 6.61 Å². The minimum atomic E-state index is -0.00714. The van der Waals surface area contributed by atoms with Crippen molar-refractivity contribution >= 4 is 21.8 Å². The van der Waals surface area contributed by atoms with Crippen LogP contribution in [0, 0.1) is 6.92 Å². The molecule has 0 saturated heterocycles. The summed E-state index contributed by atoms with van der Waals surface area (Å²) in [5.41, 5.74) is 2.10. The van der Waals surface area contributed by atoms with Crippen molar-refractivity contribution < 1.29 is 9.53 Å². The summed E-state index contributed by atoms with van der Waals surface area (Å²) in [7, 11) is 1.78. The zero-order valence-corrected chi connectivity index (χ0v) is 14.9. The molecule has 0 bridgehead atoms. The van der Waals surface area contributed by atoms with Crippen LogP contribution in [0.25, 0.3) is 0 Å². The largest absolute Gasteiger partial charge is 0.483 e. The van der Waals surface area contributed by atoms with Crippen molar-refractivity contribution in [3.8, 4) is 5.75 Å². The molecule has 1 aromatic carbocycles. The molecule has 1 rings (SSSR count). The molecule has 0 aliphatic carbocycles. The molecule has 0 aliphatic heterocycles. The SMILES string of the molecule is CCCNCc1cc(Br)cc(C)c1OCC(=O)N(C)CC. The molecule has 5 heteroatoms. The van der Waals surface area contributed by atoms with Gasteiger partial charge in [-0.1, -0.05) is 22.9 Å². The van der Waals surface area contributed by atoms with Gasteiger partial charge in [0, 0.05) is 30.2 Å². The first-order valence-electron chi connectivity index (χ1n) is 7.36. The van der Waals surface area contributed by atoms with E-state index in [4.69, 9.17) is 4.74 Å². The van der Waals surface area contributed by atoms with Crippen molar-refractivity contribution in [2.24, 2.45) is 0 Å². The van der Waals surface area contributed by atoms with Crippen LogP contribution in [-0.2, 0) is 11.3 Å². The third-order valence-electron chi connectivity index (χ3n) is 3.30. The third-order valence-corrected chi connectivity index (χ3v) is 3.76. The molecule has 1 N–H and O–H groups in total. The van der Waals surface area contributed by atoms with Crippen LogP contribution in [0.4, 0.5) is 0 Å². The molecule has 0 aromatic heterocycles. The number of rotatable bonds is 8. The normalized spacial score (nSPS) is 10.5. The monoisotopic (exact) mass is 356 g/mol. The molecule has 0 radical (unpaired) electrons. The maximum atomic E-state index is 11.9. The highest BCUT2D eigenvalue weighted by Crippen LogP contribution is 2.28. The summed E-state index contributed by atoms with van der Waals surface area (Å²) in [4.78, 5) is 13.5. The third kappa shape index (κ3) is 5.67. The van der Waals surface area contributed by atoms with Gasteiger partial charge < -0.3 is 15.0 Å². The first-order chi connectivity index (χ1) is 9.99. The lowest BCUT2D eigenvalue weighted by Crippen LogP contribution is -2.31. The molecule has 0 saturated carbocycles. The van der Waals surface area contributed by atoms with Crippen LogP contribution in [-0.4, -0.2) is 37.6 Å². The second kappa shape index (κ2) is 9.05. The minimum absolute atomic E-state index is 0.00714. The predicted octanol–water partition coefficient (Wildman–Crippen LogP) is 3.11. The minimum Gasteiger partial charge on any atom is -0.483 e. The van der Waals surface area contributed by atoms with Gasteiger partial charge in [-0.25, -0.2) is 0 Å². The van der Waals surface area contributed by atoms with Gasteiger partial charge >= 0.3 is 0 Å². The van der Waals surface area contributed by atoms with Gasteiger partial charge in [-0.3, -0.25) is 4.79 Å². The average molecular weight is 357 g/mol. The Morgan fingerprint density at radius 2 is 2.10 bits per heavy atom. The molecule has 4 nitrogen and oxygen atoms in total. The van der Waals surface area contributed by atoms with E-state index in [1.54, 1.807) is 11.9 Å². The summed E-state index contributed by atoms with van der Waals surface area (Å²) in [6, 6.07) is 4.05. The second-order valence-electron chi connectivity index (χ2n) is 5.08. The summed E-state index contributed by atoms with van der Waals surface area (Å²) in [6.07, 6.45) is 1.09. The second-order valence-corrected chi connectivity index (χ2v) is 6.00. The van der Waals surface area contributed by atoms with E-state index in [-0.39, 0.29) is 12.5 Å². The number of benzene rings is 1. The fourth-order valence-corrected chi connectivity index (χ4v) is 2.58. The number of carbonyl (C=O) groups excluding carboxylic acids is 1. The summed E-state index contributed by atoms with van der Waals surface area (Å²) in [5, 5.41) is 3.37. The number of ether oxygens (including phenoxy) is 1. The number of likely N-dealkylation sites (N-methyl/N-ethyl adjacent to an activating group) is 1. The van der Waals surface area contributed by atoms with Gasteiger partial charge in [0.1, 0.15) is 5.75 Å². The van der Waals surface area contributed by atoms with Crippen LogP contribution in [0.3, 0.4) is 0 Å². The number of hydrogen-bond acceptors (Lipinski definition) is 3. The van der Waals surface area contributed by atoms with Gasteiger partial charge in [0.25, 0.3) is 5.91 Å². The quantitative estimate of drug-likeness (QED) is 0.727. The zero-order chi connectivity index (χ0) is 15.8. The van der Waals surface area contributed by atoms with Gasteiger partial charge in [-0.2, -0.15) is 0 Å². The fourth-order valence-electron chi connectivity index (χ4n) is 1.96. The molecule has 0 spiro atoms. The van der Waals surface area contributed by atoms with Crippen LogP contribution >= 0.6 is 15.9 Å². The van der Waals surface area contributed by atoms with Crippen molar-refractivity contribution in [1.82, 2.24) is 10.2 Å². The zero-order valence-electron chi connectivity index (χ0n) is 13.3. The summed E-state index contributed by atoms with van der Waals surface area (Å²) in [5.74, 6) is 0.798. The molecular formula is C16H25BrN2O2. The molecule has 1 amide bonds. The van der Waals surface area contributed by atoms with Crippen LogP contribution in [0.1, 0.15) is 31.4 Å². The summed E-state index contributed by atoms with van der Waals surface area (Å²) < 4.78 is 6.81. The topological polar surface area (TPSA) is 41.6 Å². The molecule has 0 unspecified atom stereocenters. The van der Waals surface area contributed by atoms with E-state index in [0.29, 0.717) is 6.54 Å². The number of amides is 1. The smallest absolute Gasteiger partial charge is 0.260 e. The molecule has 0 fully saturated rings. The molecule has 1 aromatic rings. The van der Waals surface area contributed by atoms with Gasteiger partial charge in [-0.05, 0) is 44.5 Å². The lowest BCUT2D eigenvalue weighted by Gasteiger charge is -2.18. The highest BCUT2D eigenvalue weighted by Gasteiger charge is 2.13. The van der Waals surface area contributed by atoms with Crippen LogP contribution in [0.2, 0.25) is 0 Å². The molecule has 0 heterocycles. The van der Waals surface area contributed by atoms with Gasteiger partial charge in [0.05, 0.1) is 0 Å². The first-order valence-corrected chi connectivity index (χ1v) is 8.15. The van der Waals surface area contributed by atoms with Crippen molar-refractivity contribution in [3.05, 3.63) is 27.7 Å². The van der Waals surface area contributed by atoms with Crippen molar-refractivity contribution in [2.75, 3.05) is 26.7 Å². The Morgan fingerprint density at radius 3 is 2.71 bits per heavy atom. The Hall–Kier alpha value is -1.07. The number of aryl methyl sites for hydroxylation is 1. The standard InChI is InChI=1S/C16H25BrN2O2/c1-5-7-18-10-13-9-14(17)8-12(3)16(13)21-11-15(20)19(4)6-2/h8-9,18H,5-7,10-11H2,1-4H3. The van der Waals surface area contributed by atoms with Gasteiger partial charge in [-0.15, -0.1) is 0 Å². The summed E-state index contributed by atoms with van der Waals surface area (Å²) in [6.45, 7) is 8.54. The van der Waals surface area contributed by atoms with E-state index in [2.05, 4.69) is 28.2 Å². The fraction of sp³-hybridized carbons (Fsp3) is 0.562. The van der Waals surface area contributed by atoms with Gasteiger partial charge in [0.2, 0.25) is 0 Å². The highest BCUT2D eigenvalue weighted by molar-refractivity contribution is 9.10. The number of nitrogens with one attached hydrogen (secondary N) is 1. The maximum absolute atomic E-state index is 11.9. The molecule has 0 aliphatic rings. The molecular weight excluding hydrogens is 332 g/mol. The van der Waals surface area contributed by atoms with E-state index in [9.17, 15) is 4.79 Å². The molecule has 21 heavy (non-hydrogen) atoms. The van der Waals surface area contributed by atoms with Crippen LogP contribution < -0.4 is 10.1 Å². The van der Waals surface area contributed by atoms with E-state index in [1.165, 1.54) is 0 Å². The number of halogens is 1. The maximum Gasteiger partial charge on any atom is 0.260 e. The van der Waals surface area contributed by atoms with Crippen molar-refractivity contribution in [2.45, 2.75) is 33.7 Å². The number of hydrogen-bond donors (Lipinski definition) is 1.